The van der Waals surface area contributed by atoms with Crippen molar-refractivity contribution in [3.63, 3.8) is 0 Å². The molecule has 2 heterocycles. The van der Waals surface area contributed by atoms with E-state index in [0.29, 0.717) is 5.15 Å². The molecule has 0 saturated heterocycles. The number of nitrogens with zero attached hydrogens (tertiary/aromatic N) is 4. The van der Waals surface area contributed by atoms with Gasteiger partial charge in [-0.3, -0.25) is 0 Å². The van der Waals surface area contributed by atoms with Crippen LogP contribution in [0.15, 0.2) is 12.5 Å². The van der Waals surface area contributed by atoms with E-state index in [2.05, 4.69) is 35.8 Å². The van der Waals surface area contributed by atoms with Crippen LogP contribution in [-0.4, -0.2) is 19.7 Å². The summed E-state index contributed by atoms with van der Waals surface area (Å²) in [6.45, 7) is 6.19. The minimum atomic E-state index is -0.0978. The first-order valence-corrected chi connectivity index (χ1v) is 4.72. The van der Waals surface area contributed by atoms with E-state index in [1.54, 1.807) is 6.20 Å². The lowest BCUT2D eigenvalue weighted by Gasteiger charge is -2.19. The molecule has 4 nitrogen and oxygen atoms in total. The van der Waals surface area contributed by atoms with Gasteiger partial charge in [0.25, 0.3) is 0 Å². The number of aromatic nitrogens is 4. The summed E-state index contributed by atoms with van der Waals surface area (Å²) in [7, 11) is 0. The third-order valence-corrected chi connectivity index (χ3v) is 2.25. The Kier molecular flexibility index (Phi) is 1.96. The highest BCUT2D eigenvalue weighted by Gasteiger charge is 2.18. The van der Waals surface area contributed by atoms with Gasteiger partial charge in [0.05, 0.1) is 17.1 Å². The van der Waals surface area contributed by atoms with Crippen molar-refractivity contribution in [1.29, 1.82) is 0 Å². The highest BCUT2D eigenvalue weighted by atomic mass is 35.5. The van der Waals surface area contributed by atoms with Gasteiger partial charge in [0, 0.05) is 0 Å². The van der Waals surface area contributed by atoms with E-state index in [-0.39, 0.29) is 5.54 Å². The third kappa shape index (κ3) is 1.35. The lowest BCUT2D eigenvalue weighted by Crippen LogP contribution is -2.23. The molecule has 0 atom stereocenters. The smallest absolute Gasteiger partial charge is 0.163 e. The van der Waals surface area contributed by atoms with Gasteiger partial charge >= 0.3 is 0 Å². The van der Waals surface area contributed by atoms with Crippen LogP contribution in [0.3, 0.4) is 0 Å². The maximum Gasteiger partial charge on any atom is 0.163 e. The number of hydrogen-bond acceptors (Lipinski definition) is 3. The largest absolute Gasteiger partial charge is 0.242 e. The maximum atomic E-state index is 5.92. The summed E-state index contributed by atoms with van der Waals surface area (Å²) in [4.78, 5) is 8.08. The van der Waals surface area contributed by atoms with Crippen LogP contribution in [0.1, 0.15) is 20.8 Å². The minimum Gasteiger partial charge on any atom is -0.242 e. The van der Waals surface area contributed by atoms with Crippen LogP contribution in [0, 0.1) is 0 Å². The highest BCUT2D eigenvalue weighted by Crippen LogP contribution is 2.23. The summed E-state index contributed by atoms with van der Waals surface area (Å²) in [5.41, 5.74) is 0.678. The Bertz CT molecular complexity index is 469. The van der Waals surface area contributed by atoms with E-state index in [9.17, 15) is 0 Å². The minimum absolute atomic E-state index is 0.0978. The van der Waals surface area contributed by atoms with Crippen molar-refractivity contribution < 1.29 is 0 Å². The van der Waals surface area contributed by atoms with Crippen LogP contribution in [-0.2, 0) is 5.54 Å². The summed E-state index contributed by atoms with van der Waals surface area (Å²) in [6, 6.07) is 0. The van der Waals surface area contributed by atoms with Crippen molar-refractivity contribution in [2.45, 2.75) is 26.3 Å². The third-order valence-electron chi connectivity index (χ3n) is 1.95. The molecule has 14 heavy (non-hydrogen) atoms. The van der Waals surface area contributed by atoms with Gasteiger partial charge in [-0.05, 0) is 20.8 Å². The Morgan fingerprint density at radius 3 is 2.64 bits per heavy atom. The van der Waals surface area contributed by atoms with Crippen LogP contribution in [0.2, 0.25) is 5.15 Å². The number of rotatable bonds is 0. The lowest BCUT2D eigenvalue weighted by molar-refractivity contribution is 0.366. The van der Waals surface area contributed by atoms with Crippen LogP contribution in [0.5, 0.6) is 0 Å². The van der Waals surface area contributed by atoms with Crippen molar-refractivity contribution in [1.82, 2.24) is 19.7 Å². The predicted octanol–water partition coefficient (Wildman–Crippen LogP) is 2.23. The average molecular weight is 211 g/mol. The molecule has 2 aromatic heterocycles. The Balaban J connectivity index is 2.76. The van der Waals surface area contributed by atoms with Crippen molar-refractivity contribution in [2.24, 2.45) is 0 Å². The lowest BCUT2D eigenvalue weighted by atomic mass is 10.1. The van der Waals surface area contributed by atoms with E-state index in [0.717, 1.165) is 11.0 Å². The van der Waals surface area contributed by atoms with E-state index in [1.807, 2.05) is 4.68 Å². The fourth-order valence-corrected chi connectivity index (χ4v) is 1.48. The molecule has 0 aliphatic rings. The molecule has 0 unspecified atom stereocenters. The van der Waals surface area contributed by atoms with Crippen LogP contribution >= 0.6 is 11.6 Å². The molecule has 0 saturated carbocycles. The zero-order valence-electron chi connectivity index (χ0n) is 8.32. The van der Waals surface area contributed by atoms with Crippen LogP contribution in [0.25, 0.3) is 11.0 Å². The van der Waals surface area contributed by atoms with Crippen LogP contribution in [0.4, 0.5) is 0 Å². The molecule has 2 rings (SSSR count). The van der Waals surface area contributed by atoms with Gasteiger partial charge in [-0.2, -0.15) is 5.10 Å². The quantitative estimate of drug-likeness (QED) is 0.627. The molecule has 0 amide bonds. The van der Waals surface area contributed by atoms with E-state index >= 15 is 0 Å². The second-order valence-electron chi connectivity index (χ2n) is 4.13. The zero-order chi connectivity index (χ0) is 10.3. The molecular formula is C9H11ClN4. The number of halogens is 1. The molecule has 0 radical (unpaired) electrons. The highest BCUT2D eigenvalue weighted by molar-refractivity contribution is 6.33. The van der Waals surface area contributed by atoms with E-state index < -0.39 is 0 Å². The topological polar surface area (TPSA) is 43.6 Å². The SMILES string of the molecule is CC(C)(C)n1ncc2c(Cl)ncnc21. The van der Waals surface area contributed by atoms with Crippen molar-refractivity contribution in [3.05, 3.63) is 17.7 Å². The van der Waals surface area contributed by atoms with Crippen LogP contribution < -0.4 is 0 Å². The standard InChI is InChI=1S/C9H11ClN4/c1-9(2,3)14-8-6(4-13-14)7(10)11-5-12-8/h4-5H,1-3H3. The molecule has 0 aliphatic heterocycles. The summed E-state index contributed by atoms with van der Waals surface area (Å²) in [5.74, 6) is 0. The van der Waals surface area contributed by atoms with E-state index in [4.69, 9.17) is 11.6 Å². The zero-order valence-corrected chi connectivity index (χ0v) is 9.08. The summed E-state index contributed by atoms with van der Waals surface area (Å²) in [6.07, 6.45) is 3.15. The molecule has 0 fully saturated rings. The normalized spacial score (nSPS) is 12.3. The summed E-state index contributed by atoms with van der Waals surface area (Å²) < 4.78 is 1.84. The molecule has 0 bridgehead atoms. The Hall–Kier alpha value is -1.16. The van der Waals surface area contributed by atoms with Gasteiger partial charge in [-0.15, -0.1) is 0 Å². The van der Waals surface area contributed by atoms with E-state index in [1.165, 1.54) is 6.33 Å². The average Bonchev–Trinajstić information content (AvgIpc) is 2.47. The van der Waals surface area contributed by atoms with Crippen molar-refractivity contribution in [3.8, 4) is 0 Å². The fourth-order valence-electron chi connectivity index (χ4n) is 1.31. The molecule has 74 valence electrons. The maximum absolute atomic E-state index is 5.92. The van der Waals surface area contributed by atoms with Gasteiger partial charge in [-0.25, -0.2) is 14.6 Å². The Morgan fingerprint density at radius 2 is 2.00 bits per heavy atom. The van der Waals surface area contributed by atoms with Gasteiger partial charge in [0.15, 0.2) is 5.65 Å². The first-order valence-electron chi connectivity index (χ1n) is 4.35. The Morgan fingerprint density at radius 1 is 1.29 bits per heavy atom. The molecule has 0 aromatic carbocycles. The summed E-state index contributed by atoms with van der Waals surface area (Å²) >= 11 is 5.92. The number of fused-ring (bicyclic) bond motifs is 1. The van der Waals surface area contributed by atoms with Crippen molar-refractivity contribution in [2.75, 3.05) is 0 Å². The molecule has 5 heteroatoms. The monoisotopic (exact) mass is 210 g/mol. The molecule has 2 aromatic rings. The van der Waals surface area contributed by atoms with Gasteiger partial charge in [0.1, 0.15) is 11.5 Å². The second kappa shape index (κ2) is 2.92. The fraction of sp³-hybridized carbons (Fsp3) is 0.444. The van der Waals surface area contributed by atoms with Gasteiger partial charge < -0.3 is 0 Å². The predicted molar refractivity (Wildman–Crippen MR) is 55.3 cm³/mol. The summed E-state index contributed by atoms with van der Waals surface area (Å²) in [5, 5.41) is 5.50. The van der Waals surface area contributed by atoms with Crippen molar-refractivity contribution >= 4 is 22.6 Å². The molecule has 0 spiro atoms. The molecule has 0 aliphatic carbocycles. The molecular weight excluding hydrogens is 200 g/mol. The Labute approximate surface area is 86.9 Å². The second-order valence-corrected chi connectivity index (χ2v) is 4.49. The molecule has 0 N–H and O–H groups in total. The first-order chi connectivity index (χ1) is 6.50. The number of hydrogen-bond donors (Lipinski definition) is 0. The van der Waals surface area contributed by atoms with Gasteiger partial charge in [-0.1, -0.05) is 11.6 Å². The first kappa shape index (κ1) is 9.40. The van der Waals surface area contributed by atoms with Gasteiger partial charge in [0.2, 0.25) is 0 Å².